The number of esters is 1. The van der Waals surface area contributed by atoms with Gasteiger partial charge in [0.1, 0.15) is 29.3 Å². The molecule has 2 aromatic heterocycles. The molecule has 0 aliphatic heterocycles. The lowest BCUT2D eigenvalue weighted by molar-refractivity contribution is 0.0590. The van der Waals surface area contributed by atoms with Gasteiger partial charge in [-0.25, -0.2) is 28.5 Å². The van der Waals surface area contributed by atoms with Gasteiger partial charge in [0.15, 0.2) is 0 Å². The largest absolute Gasteiger partial charge is 0.465 e. The molecule has 0 fully saturated rings. The molecule has 8 heteroatoms. The van der Waals surface area contributed by atoms with Crippen molar-refractivity contribution in [2.24, 2.45) is 0 Å². The van der Waals surface area contributed by atoms with Crippen LogP contribution < -0.4 is 5.73 Å². The quantitative estimate of drug-likeness (QED) is 0.708. The predicted octanol–water partition coefficient (Wildman–Crippen LogP) is 3.42. The van der Waals surface area contributed by atoms with Gasteiger partial charge in [-0.3, -0.25) is 0 Å². The van der Waals surface area contributed by atoms with Gasteiger partial charge in [0.25, 0.3) is 0 Å². The molecular formula is C19H16F2N4O2. The van der Waals surface area contributed by atoms with Gasteiger partial charge in [0.05, 0.1) is 18.5 Å². The lowest BCUT2D eigenvalue weighted by Gasteiger charge is -2.14. The number of aromatic nitrogens is 3. The molecule has 3 aromatic rings. The Morgan fingerprint density at radius 2 is 1.81 bits per heavy atom. The van der Waals surface area contributed by atoms with Crippen molar-refractivity contribution in [1.29, 1.82) is 0 Å². The number of nitrogen functional groups attached to an aromatic ring is 1. The number of nitrogens with zero attached hydrogens (tertiary/aromatic N) is 3. The summed E-state index contributed by atoms with van der Waals surface area (Å²) in [4.78, 5) is 24.1. The zero-order valence-corrected chi connectivity index (χ0v) is 14.7. The van der Waals surface area contributed by atoms with Gasteiger partial charge in [-0.2, -0.15) is 0 Å². The third-order valence-corrected chi connectivity index (χ3v) is 4.04. The highest BCUT2D eigenvalue weighted by atomic mass is 19.1. The van der Waals surface area contributed by atoms with E-state index in [-0.39, 0.29) is 5.56 Å². The number of rotatable bonds is 4. The molecule has 138 valence electrons. The Hall–Kier alpha value is -3.42. The smallest absolute Gasteiger partial charge is 0.343 e. The van der Waals surface area contributed by atoms with E-state index >= 15 is 0 Å². The number of pyridine rings is 1. The van der Waals surface area contributed by atoms with Gasteiger partial charge in [-0.05, 0) is 30.7 Å². The number of carbonyl (C=O) groups excluding carboxylic acids is 1. The van der Waals surface area contributed by atoms with Crippen LogP contribution in [0.4, 0.5) is 14.6 Å². The maximum Gasteiger partial charge on any atom is 0.343 e. The van der Waals surface area contributed by atoms with E-state index in [1.165, 1.54) is 6.33 Å². The van der Waals surface area contributed by atoms with Crippen LogP contribution in [0.15, 0.2) is 36.8 Å². The number of hydrogen-bond donors (Lipinski definition) is 1. The fourth-order valence-electron chi connectivity index (χ4n) is 2.77. The molecule has 2 N–H and O–H groups in total. The molecule has 0 aliphatic carbocycles. The van der Waals surface area contributed by atoms with Crippen molar-refractivity contribution in [1.82, 2.24) is 15.0 Å². The van der Waals surface area contributed by atoms with Crippen LogP contribution in [0, 0.1) is 11.6 Å². The van der Waals surface area contributed by atoms with Crippen LogP contribution in [0.25, 0.3) is 22.4 Å². The number of aryl methyl sites for hydroxylation is 1. The first kappa shape index (κ1) is 18.4. The van der Waals surface area contributed by atoms with E-state index in [0.717, 1.165) is 19.2 Å². The molecule has 0 amide bonds. The van der Waals surface area contributed by atoms with Crippen molar-refractivity contribution in [2.75, 3.05) is 12.8 Å². The molecular weight excluding hydrogens is 354 g/mol. The third-order valence-electron chi connectivity index (χ3n) is 4.04. The minimum atomic E-state index is -1.09. The number of methoxy groups -OCH3 is 1. The average Bonchev–Trinajstić information content (AvgIpc) is 2.67. The zero-order chi connectivity index (χ0) is 19.6. The highest BCUT2D eigenvalue weighted by molar-refractivity contribution is 5.91. The summed E-state index contributed by atoms with van der Waals surface area (Å²) < 4.78 is 33.2. The van der Waals surface area contributed by atoms with Crippen molar-refractivity contribution in [3.05, 3.63) is 59.7 Å². The maximum atomic E-state index is 14.4. The number of halogens is 2. The van der Waals surface area contributed by atoms with Gasteiger partial charge in [0, 0.05) is 22.9 Å². The number of benzene rings is 1. The van der Waals surface area contributed by atoms with Crippen molar-refractivity contribution in [2.45, 2.75) is 13.3 Å². The van der Waals surface area contributed by atoms with E-state index < -0.39 is 23.2 Å². The molecule has 27 heavy (non-hydrogen) atoms. The van der Waals surface area contributed by atoms with Crippen LogP contribution in [0.2, 0.25) is 0 Å². The number of hydrogen-bond acceptors (Lipinski definition) is 6. The topological polar surface area (TPSA) is 91.0 Å². The standard InChI is InChI=1S/C19H16F2N4O2/c1-3-14-16(10-4-5-15(22)23-8-10)18(25-9-24-14)11-6-12(20)17(13(21)7-11)19(26)27-2/h4-9H,3H2,1-2H3,(H2,22,23). The molecule has 6 nitrogen and oxygen atoms in total. The Morgan fingerprint density at radius 1 is 1.11 bits per heavy atom. The SMILES string of the molecule is CCc1ncnc(-c2cc(F)c(C(=O)OC)c(F)c2)c1-c1ccc(N)nc1. The summed E-state index contributed by atoms with van der Waals surface area (Å²) in [5.74, 6) is -2.81. The minimum absolute atomic E-state index is 0.168. The first-order valence-electron chi connectivity index (χ1n) is 8.09. The summed E-state index contributed by atoms with van der Waals surface area (Å²) in [7, 11) is 1.05. The molecule has 1 aromatic carbocycles. The molecule has 2 heterocycles. The number of carbonyl (C=O) groups is 1. The molecule has 3 rings (SSSR count). The number of nitrogens with two attached hydrogens (primary N) is 1. The average molecular weight is 370 g/mol. The fourth-order valence-corrected chi connectivity index (χ4v) is 2.77. The van der Waals surface area contributed by atoms with E-state index in [9.17, 15) is 13.6 Å². The molecule has 0 radical (unpaired) electrons. The van der Waals surface area contributed by atoms with Crippen LogP contribution in [-0.4, -0.2) is 28.0 Å². The Kier molecular flexibility index (Phi) is 5.07. The first-order chi connectivity index (χ1) is 13.0. The summed E-state index contributed by atoms with van der Waals surface area (Å²) >= 11 is 0. The highest BCUT2D eigenvalue weighted by Gasteiger charge is 2.22. The van der Waals surface area contributed by atoms with Crippen molar-refractivity contribution >= 4 is 11.8 Å². The second-order valence-corrected chi connectivity index (χ2v) is 5.68. The fraction of sp³-hybridized carbons (Fsp3) is 0.158. The second kappa shape index (κ2) is 7.45. The van der Waals surface area contributed by atoms with Crippen LogP contribution in [0.3, 0.4) is 0 Å². The predicted molar refractivity (Wildman–Crippen MR) is 95.7 cm³/mol. The third kappa shape index (κ3) is 3.46. The van der Waals surface area contributed by atoms with Crippen LogP contribution in [0.5, 0.6) is 0 Å². The van der Waals surface area contributed by atoms with Gasteiger partial charge < -0.3 is 10.5 Å². The monoisotopic (exact) mass is 370 g/mol. The van der Waals surface area contributed by atoms with E-state index in [4.69, 9.17) is 5.73 Å². The van der Waals surface area contributed by atoms with E-state index in [1.807, 2.05) is 6.92 Å². The molecule has 0 unspecified atom stereocenters. The Morgan fingerprint density at radius 3 is 2.37 bits per heavy atom. The van der Waals surface area contributed by atoms with Crippen LogP contribution in [0.1, 0.15) is 23.0 Å². The Bertz CT molecular complexity index is 984. The van der Waals surface area contributed by atoms with E-state index in [2.05, 4.69) is 19.7 Å². The number of ether oxygens (including phenoxy) is 1. The minimum Gasteiger partial charge on any atom is -0.465 e. The molecule has 0 aliphatic rings. The normalized spacial score (nSPS) is 10.7. The summed E-state index contributed by atoms with van der Waals surface area (Å²) in [5, 5.41) is 0. The van der Waals surface area contributed by atoms with Gasteiger partial charge in [-0.1, -0.05) is 6.92 Å². The molecule has 0 atom stereocenters. The summed E-state index contributed by atoms with van der Waals surface area (Å²) in [5.41, 5.74) is 7.32. The van der Waals surface area contributed by atoms with Crippen molar-refractivity contribution in [3.8, 4) is 22.4 Å². The molecule has 0 saturated carbocycles. The first-order valence-corrected chi connectivity index (χ1v) is 8.09. The molecule has 0 spiro atoms. The van der Waals surface area contributed by atoms with Gasteiger partial charge >= 0.3 is 5.97 Å². The van der Waals surface area contributed by atoms with E-state index in [1.54, 1.807) is 18.3 Å². The molecule has 0 bridgehead atoms. The summed E-state index contributed by atoms with van der Waals surface area (Å²) in [6.07, 6.45) is 3.44. The van der Waals surface area contributed by atoms with Crippen molar-refractivity contribution < 1.29 is 18.3 Å². The number of anilines is 1. The van der Waals surface area contributed by atoms with Gasteiger partial charge in [-0.15, -0.1) is 0 Å². The summed E-state index contributed by atoms with van der Waals surface area (Å²) in [6, 6.07) is 5.45. The zero-order valence-electron chi connectivity index (χ0n) is 14.7. The van der Waals surface area contributed by atoms with E-state index in [0.29, 0.717) is 34.8 Å². The van der Waals surface area contributed by atoms with Crippen LogP contribution in [-0.2, 0) is 11.2 Å². The second-order valence-electron chi connectivity index (χ2n) is 5.68. The van der Waals surface area contributed by atoms with Crippen molar-refractivity contribution in [3.63, 3.8) is 0 Å². The molecule has 0 saturated heterocycles. The Balaban J connectivity index is 2.24. The lowest BCUT2D eigenvalue weighted by atomic mass is 9.96. The highest BCUT2D eigenvalue weighted by Crippen LogP contribution is 2.34. The maximum absolute atomic E-state index is 14.4. The van der Waals surface area contributed by atoms with Gasteiger partial charge in [0.2, 0.25) is 0 Å². The van der Waals surface area contributed by atoms with Crippen LogP contribution >= 0.6 is 0 Å². The Labute approximate surface area is 154 Å². The lowest BCUT2D eigenvalue weighted by Crippen LogP contribution is -2.08. The summed E-state index contributed by atoms with van der Waals surface area (Å²) in [6.45, 7) is 1.90.